The van der Waals surface area contributed by atoms with Gasteiger partial charge in [-0.3, -0.25) is 9.36 Å². The third-order valence-electron chi connectivity index (χ3n) is 5.60. The van der Waals surface area contributed by atoms with Gasteiger partial charge in [-0.25, -0.2) is 18.4 Å². The molecule has 1 fully saturated rings. The molecule has 32 heavy (non-hydrogen) atoms. The van der Waals surface area contributed by atoms with E-state index in [1.807, 2.05) is 12.1 Å². The molecule has 1 aliphatic heterocycles. The topological polar surface area (TPSA) is 97.2 Å². The summed E-state index contributed by atoms with van der Waals surface area (Å²) in [5.74, 6) is 0.996. The summed E-state index contributed by atoms with van der Waals surface area (Å²) in [6.07, 6.45) is 7.81. The number of piperidine rings is 1. The lowest BCUT2D eigenvalue weighted by Gasteiger charge is -2.34. The monoisotopic (exact) mass is 453 g/mol. The fourth-order valence-electron chi connectivity index (χ4n) is 4.14. The molecule has 2 aromatic heterocycles. The number of carbonyl (C=O) groups is 1. The predicted molar refractivity (Wildman–Crippen MR) is 121 cm³/mol. The predicted octanol–water partition coefficient (Wildman–Crippen LogP) is 2.86. The van der Waals surface area contributed by atoms with Crippen molar-refractivity contribution < 1.29 is 13.2 Å². The second kappa shape index (κ2) is 9.22. The smallest absolute Gasteiger partial charge is 0.251 e. The molecule has 8 nitrogen and oxygen atoms in total. The molecular weight excluding hydrogens is 426 g/mol. The standard InChI is InChI=1S/C23H27N5O3S/c1-17-10-18(2)15-28(14-17)32(30,31)21-5-3-4-20(12-21)23(29)26-13-19-6-7-25-22(11-19)27-9-8-24-16-27/h3-9,11-12,16-18H,10,13-15H2,1-2H3,(H,26,29). The summed E-state index contributed by atoms with van der Waals surface area (Å²) >= 11 is 0. The Kier molecular flexibility index (Phi) is 6.38. The van der Waals surface area contributed by atoms with Gasteiger partial charge in [0, 0.05) is 43.8 Å². The molecule has 1 aromatic carbocycles. The number of carbonyl (C=O) groups excluding carboxylic acids is 1. The zero-order valence-corrected chi connectivity index (χ0v) is 19.0. The Hall–Kier alpha value is -3.04. The number of aromatic nitrogens is 3. The molecule has 4 rings (SSSR count). The Bertz CT molecular complexity index is 1180. The number of nitrogens with zero attached hydrogens (tertiary/aromatic N) is 4. The summed E-state index contributed by atoms with van der Waals surface area (Å²) in [5.41, 5.74) is 1.19. The average Bonchev–Trinajstić information content (AvgIpc) is 3.32. The van der Waals surface area contributed by atoms with Crippen molar-refractivity contribution in [3.63, 3.8) is 0 Å². The fourth-order valence-corrected chi connectivity index (χ4v) is 5.87. The SMILES string of the molecule is CC1CC(C)CN(S(=O)(=O)c2cccc(C(=O)NCc3ccnc(-n4ccnc4)c3)c2)C1. The van der Waals surface area contributed by atoms with Crippen LogP contribution in [0, 0.1) is 11.8 Å². The normalized spacial score (nSPS) is 19.6. The highest BCUT2D eigenvalue weighted by molar-refractivity contribution is 7.89. The van der Waals surface area contributed by atoms with Crippen LogP contribution in [0.3, 0.4) is 0 Å². The summed E-state index contributed by atoms with van der Waals surface area (Å²) < 4.78 is 29.6. The Morgan fingerprint density at radius 2 is 1.91 bits per heavy atom. The number of pyridine rings is 1. The maximum atomic E-state index is 13.2. The summed E-state index contributed by atoms with van der Waals surface area (Å²) in [7, 11) is -3.65. The number of benzene rings is 1. The maximum absolute atomic E-state index is 13.2. The van der Waals surface area contributed by atoms with E-state index in [9.17, 15) is 13.2 Å². The van der Waals surface area contributed by atoms with Gasteiger partial charge in [-0.15, -0.1) is 0 Å². The molecule has 168 valence electrons. The van der Waals surface area contributed by atoms with Crippen molar-refractivity contribution in [3.05, 3.63) is 72.4 Å². The molecule has 1 aliphatic rings. The molecule has 0 spiro atoms. The second-order valence-electron chi connectivity index (χ2n) is 8.47. The quantitative estimate of drug-likeness (QED) is 0.619. The molecule has 0 bridgehead atoms. The van der Waals surface area contributed by atoms with Crippen molar-refractivity contribution in [1.82, 2.24) is 24.2 Å². The first-order chi connectivity index (χ1) is 15.3. The van der Waals surface area contributed by atoms with E-state index in [4.69, 9.17) is 0 Å². The number of imidazole rings is 1. The minimum absolute atomic E-state index is 0.151. The summed E-state index contributed by atoms with van der Waals surface area (Å²) in [6, 6.07) is 9.93. The van der Waals surface area contributed by atoms with E-state index in [1.54, 1.807) is 47.7 Å². The zero-order valence-electron chi connectivity index (χ0n) is 18.2. The van der Waals surface area contributed by atoms with Crippen molar-refractivity contribution in [2.24, 2.45) is 11.8 Å². The van der Waals surface area contributed by atoms with Crippen LogP contribution in [0.1, 0.15) is 36.2 Å². The number of nitrogens with one attached hydrogen (secondary N) is 1. The van der Waals surface area contributed by atoms with Crippen LogP contribution in [0.5, 0.6) is 0 Å². The molecule has 0 saturated carbocycles. The van der Waals surface area contributed by atoms with E-state index < -0.39 is 10.0 Å². The lowest BCUT2D eigenvalue weighted by Crippen LogP contribution is -2.42. The van der Waals surface area contributed by atoms with E-state index >= 15 is 0 Å². The summed E-state index contributed by atoms with van der Waals surface area (Å²) in [4.78, 5) is 21.2. The van der Waals surface area contributed by atoms with Gasteiger partial charge < -0.3 is 5.32 Å². The first-order valence-corrected chi connectivity index (χ1v) is 12.1. The van der Waals surface area contributed by atoms with E-state index in [2.05, 4.69) is 29.1 Å². The van der Waals surface area contributed by atoms with Crippen molar-refractivity contribution in [2.75, 3.05) is 13.1 Å². The highest BCUT2D eigenvalue weighted by Gasteiger charge is 2.31. The van der Waals surface area contributed by atoms with Crippen LogP contribution in [0.25, 0.3) is 5.82 Å². The van der Waals surface area contributed by atoms with Crippen molar-refractivity contribution in [1.29, 1.82) is 0 Å². The molecule has 2 unspecified atom stereocenters. The third-order valence-corrected chi connectivity index (χ3v) is 7.43. The molecule has 2 atom stereocenters. The molecule has 3 aromatic rings. The van der Waals surface area contributed by atoms with Crippen LogP contribution in [-0.2, 0) is 16.6 Å². The van der Waals surface area contributed by atoms with Crippen LogP contribution < -0.4 is 5.32 Å². The van der Waals surface area contributed by atoms with Crippen LogP contribution in [0.15, 0.2) is 66.2 Å². The number of amides is 1. The Balaban J connectivity index is 1.46. The van der Waals surface area contributed by atoms with Gasteiger partial charge in [-0.1, -0.05) is 19.9 Å². The first kappa shape index (κ1) is 22.2. The lowest BCUT2D eigenvalue weighted by atomic mass is 9.94. The second-order valence-corrected chi connectivity index (χ2v) is 10.4. The number of hydrogen-bond donors (Lipinski definition) is 1. The molecule has 1 N–H and O–H groups in total. The van der Waals surface area contributed by atoms with E-state index in [0.717, 1.165) is 12.0 Å². The maximum Gasteiger partial charge on any atom is 0.251 e. The number of hydrogen-bond acceptors (Lipinski definition) is 5. The lowest BCUT2D eigenvalue weighted by molar-refractivity contribution is 0.0950. The molecule has 1 saturated heterocycles. The van der Waals surface area contributed by atoms with Gasteiger partial charge in [0.05, 0.1) is 4.90 Å². The van der Waals surface area contributed by atoms with E-state index in [-0.39, 0.29) is 10.8 Å². The highest BCUT2D eigenvalue weighted by Crippen LogP contribution is 2.27. The van der Waals surface area contributed by atoms with Crippen LogP contribution in [-0.4, -0.2) is 46.3 Å². The minimum atomic E-state index is -3.65. The van der Waals surface area contributed by atoms with Gasteiger partial charge in [0.25, 0.3) is 5.91 Å². The zero-order chi connectivity index (χ0) is 22.7. The van der Waals surface area contributed by atoms with Crippen molar-refractivity contribution >= 4 is 15.9 Å². The van der Waals surface area contributed by atoms with Gasteiger partial charge in [0.2, 0.25) is 10.0 Å². The Morgan fingerprint density at radius 1 is 1.12 bits per heavy atom. The van der Waals surface area contributed by atoms with Gasteiger partial charge in [0.15, 0.2) is 0 Å². The van der Waals surface area contributed by atoms with E-state index in [1.165, 1.54) is 10.4 Å². The summed E-state index contributed by atoms with van der Waals surface area (Å²) in [6.45, 7) is 5.44. The number of sulfonamides is 1. The largest absolute Gasteiger partial charge is 0.348 e. The molecule has 1 amide bonds. The van der Waals surface area contributed by atoms with E-state index in [0.29, 0.717) is 42.9 Å². The van der Waals surface area contributed by atoms with Gasteiger partial charge in [-0.2, -0.15) is 4.31 Å². The molecule has 0 aliphatic carbocycles. The fraction of sp³-hybridized carbons (Fsp3) is 0.348. The molecule has 0 radical (unpaired) electrons. The first-order valence-electron chi connectivity index (χ1n) is 10.6. The van der Waals surface area contributed by atoms with Crippen LogP contribution in [0.2, 0.25) is 0 Å². The van der Waals surface area contributed by atoms with Crippen LogP contribution >= 0.6 is 0 Å². The van der Waals surface area contributed by atoms with Gasteiger partial charge >= 0.3 is 0 Å². The van der Waals surface area contributed by atoms with Gasteiger partial charge in [-0.05, 0) is 54.2 Å². The highest BCUT2D eigenvalue weighted by atomic mass is 32.2. The third kappa shape index (κ3) is 4.89. The van der Waals surface area contributed by atoms with Crippen molar-refractivity contribution in [2.45, 2.75) is 31.7 Å². The molecular formula is C23H27N5O3S. The average molecular weight is 454 g/mol. The van der Waals surface area contributed by atoms with Gasteiger partial charge in [0.1, 0.15) is 12.1 Å². The minimum Gasteiger partial charge on any atom is -0.348 e. The van der Waals surface area contributed by atoms with Crippen LogP contribution in [0.4, 0.5) is 0 Å². The number of rotatable bonds is 6. The van der Waals surface area contributed by atoms with Crippen molar-refractivity contribution in [3.8, 4) is 5.82 Å². The summed E-state index contributed by atoms with van der Waals surface area (Å²) in [5, 5.41) is 2.86. The Labute approximate surface area is 188 Å². The molecule has 3 heterocycles. The Morgan fingerprint density at radius 3 is 2.62 bits per heavy atom. The molecule has 9 heteroatoms.